The molecule has 0 bridgehead atoms. The molecule has 1 aliphatic heterocycles. The smallest absolute Gasteiger partial charge is 0.156 e. The average molecular weight is 412 g/mol. The third-order valence-corrected chi connectivity index (χ3v) is 9.12. The molecule has 3 nitrogen and oxygen atoms in total. The summed E-state index contributed by atoms with van der Waals surface area (Å²) in [5.74, 6) is 0. The van der Waals surface area contributed by atoms with Gasteiger partial charge >= 0.3 is 0 Å². The summed E-state index contributed by atoms with van der Waals surface area (Å²) in [7, 11) is -2.78. The fourth-order valence-corrected chi connectivity index (χ4v) is 7.26. The minimum Gasteiger partial charge on any atom is -0.377 e. The Balaban J connectivity index is 1.66. The molecule has 146 valence electrons. The molecule has 0 saturated carbocycles. The van der Waals surface area contributed by atoms with Gasteiger partial charge in [0, 0.05) is 35.2 Å². The van der Waals surface area contributed by atoms with Gasteiger partial charge in [-0.2, -0.15) is 0 Å². The second-order valence-electron chi connectivity index (χ2n) is 7.28. The van der Waals surface area contributed by atoms with E-state index in [4.69, 9.17) is 4.74 Å². The maximum Gasteiger partial charge on any atom is 0.156 e. The molecule has 28 heavy (non-hydrogen) atoms. The van der Waals surface area contributed by atoms with Crippen molar-refractivity contribution in [3.63, 3.8) is 0 Å². The molecule has 1 aliphatic rings. The summed E-state index contributed by atoms with van der Waals surface area (Å²) in [6.07, 6.45) is 2.97. The second-order valence-corrected chi connectivity index (χ2v) is 11.1. The van der Waals surface area contributed by atoms with Crippen molar-refractivity contribution in [3.05, 3.63) is 83.1 Å². The van der Waals surface area contributed by atoms with Crippen LogP contribution in [-0.4, -0.2) is 30.4 Å². The maximum atomic E-state index is 14.5. The van der Waals surface area contributed by atoms with E-state index in [1.807, 2.05) is 60.7 Å². The molecule has 1 aromatic heterocycles. The molecule has 0 radical (unpaired) electrons. The lowest BCUT2D eigenvalue weighted by atomic mass is 10.2. The van der Waals surface area contributed by atoms with Crippen LogP contribution in [0.25, 0.3) is 0 Å². The van der Waals surface area contributed by atoms with E-state index in [0.29, 0.717) is 6.29 Å². The van der Waals surface area contributed by atoms with Crippen molar-refractivity contribution in [1.82, 2.24) is 4.90 Å². The molecular formula is C23H26NO2PS. The van der Waals surface area contributed by atoms with Gasteiger partial charge in [-0.3, -0.25) is 4.90 Å². The van der Waals surface area contributed by atoms with Gasteiger partial charge < -0.3 is 9.30 Å². The van der Waals surface area contributed by atoms with Crippen LogP contribution in [0, 0.1) is 0 Å². The van der Waals surface area contributed by atoms with E-state index >= 15 is 0 Å². The van der Waals surface area contributed by atoms with E-state index in [1.54, 1.807) is 11.3 Å². The van der Waals surface area contributed by atoms with Gasteiger partial charge in [-0.15, -0.1) is 11.3 Å². The van der Waals surface area contributed by atoms with Gasteiger partial charge in [-0.05, 0) is 24.3 Å². The molecule has 1 fully saturated rings. The first-order valence-corrected chi connectivity index (χ1v) is 12.6. The summed E-state index contributed by atoms with van der Waals surface area (Å²) >= 11 is 1.75. The van der Waals surface area contributed by atoms with Gasteiger partial charge in [-0.25, -0.2) is 0 Å². The zero-order chi connectivity index (χ0) is 19.2. The maximum absolute atomic E-state index is 14.5. The molecular weight excluding hydrogens is 385 g/mol. The standard InChI is InChI=1S/C23H26NO2PS/c25-27(21-10-3-1-4-11-21,22-12-5-2-6-13-22)19-24(17-20-9-7-15-26-20)18-23-14-8-16-28-23/h1-6,8,10-14,16,20H,7,9,15,17-19H2/t20-/m1/s1. The van der Waals surface area contributed by atoms with E-state index in [9.17, 15) is 4.57 Å². The summed E-state index contributed by atoms with van der Waals surface area (Å²) in [4.78, 5) is 3.63. The zero-order valence-electron chi connectivity index (χ0n) is 15.9. The van der Waals surface area contributed by atoms with Crippen LogP contribution in [0.5, 0.6) is 0 Å². The van der Waals surface area contributed by atoms with Crippen LogP contribution in [0.1, 0.15) is 17.7 Å². The first-order valence-electron chi connectivity index (χ1n) is 9.81. The Bertz CT molecular complexity index is 849. The SMILES string of the molecule is O=P(CN(Cc1cccs1)C[C@H]1CCCO1)(c1ccccc1)c1ccccc1. The van der Waals surface area contributed by atoms with Crippen LogP contribution in [0.2, 0.25) is 0 Å². The van der Waals surface area contributed by atoms with Crippen LogP contribution < -0.4 is 10.6 Å². The lowest BCUT2D eigenvalue weighted by molar-refractivity contribution is 0.0770. The predicted octanol–water partition coefficient (Wildman–Crippen LogP) is 4.70. The summed E-state index contributed by atoms with van der Waals surface area (Å²) in [5.41, 5.74) is 0. The van der Waals surface area contributed by atoms with Crippen LogP contribution in [0.15, 0.2) is 78.2 Å². The van der Waals surface area contributed by atoms with Gasteiger partial charge in [0.05, 0.1) is 12.4 Å². The van der Waals surface area contributed by atoms with Gasteiger partial charge in [0.15, 0.2) is 7.14 Å². The van der Waals surface area contributed by atoms with Gasteiger partial charge in [0.2, 0.25) is 0 Å². The zero-order valence-corrected chi connectivity index (χ0v) is 17.7. The van der Waals surface area contributed by atoms with Crippen molar-refractivity contribution in [2.75, 3.05) is 19.4 Å². The summed E-state index contributed by atoms with van der Waals surface area (Å²) in [6, 6.07) is 24.1. The van der Waals surface area contributed by atoms with Crippen molar-refractivity contribution in [3.8, 4) is 0 Å². The molecule has 5 heteroatoms. The molecule has 0 unspecified atom stereocenters. The van der Waals surface area contributed by atoms with E-state index in [2.05, 4.69) is 22.4 Å². The molecule has 0 N–H and O–H groups in total. The quantitative estimate of drug-likeness (QED) is 0.503. The highest BCUT2D eigenvalue weighted by Crippen LogP contribution is 2.44. The van der Waals surface area contributed by atoms with Crippen LogP contribution in [0.3, 0.4) is 0 Å². The van der Waals surface area contributed by atoms with Crippen molar-refractivity contribution >= 4 is 29.1 Å². The van der Waals surface area contributed by atoms with E-state index < -0.39 is 7.14 Å². The number of ether oxygens (including phenoxy) is 1. The predicted molar refractivity (Wildman–Crippen MR) is 118 cm³/mol. The second kappa shape index (κ2) is 9.19. The van der Waals surface area contributed by atoms with Crippen molar-refractivity contribution < 1.29 is 9.30 Å². The number of rotatable bonds is 8. The molecule has 1 atom stereocenters. The molecule has 1 saturated heterocycles. The minimum absolute atomic E-state index is 0.236. The number of thiophene rings is 1. The van der Waals surface area contributed by atoms with E-state index in [-0.39, 0.29) is 6.10 Å². The number of benzene rings is 2. The Morgan fingerprint density at radius 1 is 0.964 bits per heavy atom. The molecule has 0 amide bonds. The molecule has 3 aromatic rings. The topological polar surface area (TPSA) is 29.5 Å². The lowest BCUT2D eigenvalue weighted by Gasteiger charge is -2.30. The Morgan fingerprint density at radius 2 is 1.64 bits per heavy atom. The van der Waals surface area contributed by atoms with Crippen molar-refractivity contribution in [2.45, 2.75) is 25.5 Å². The molecule has 0 spiro atoms. The molecule has 2 heterocycles. The van der Waals surface area contributed by atoms with E-state index in [0.717, 1.165) is 43.1 Å². The summed E-state index contributed by atoms with van der Waals surface area (Å²) in [5, 5.41) is 3.95. The lowest BCUT2D eigenvalue weighted by Crippen LogP contribution is -2.35. The Hall–Kier alpha value is -1.71. The van der Waals surface area contributed by atoms with Crippen LogP contribution in [0.4, 0.5) is 0 Å². The van der Waals surface area contributed by atoms with Gasteiger partial charge in [-0.1, -0.05) is 66.7 Å². The van der Waals surface area contributed by atoms with Crippen LogP contribution >= 0.6 is 18.5 Å². The highest BCUT2D eigenvalue weighted by molar-refractivity contribution is 7.78. The summed E-state index contributed by atoms with van der Waals surface area (Å²) in [6.45, 7) is 2.47. The Morgan fingerprint density at radius 3 is 2.18 bits per heavy atom. The molecule has 4 rings (SSSR count). The normalized spacial score (nSPS) is 17.2. The van der Waals surface area contributed by atoms with Crippen LogP contribution in [-0.2, 0) is 15.8 Å². The fraction of sp³-hybridized carbons (Fsp3) is 0.304. The van der Waals surface area contributed by atoms with Gasteiger partial charge in [0.1, 0.15) is 0 Å². The Labute approximate surface area is 171 Å². The number of hydrogen-bond acceptors (Lipinski definition) is 4. The van der Waals surface area contributed by atoms with Gasteiger partial charge in [0.25, 0.3) is 0 Å². The Kier molecular flexibility index (Phi) is 6.43. The van der Waals surface area contributed by atoms with Crippen molar-refractivity contribution in [2.24, 2.45) is 0 Å². The molecule has 0 aliphatic carbocycles. The van der Waals surface area contributed by atoms with Crippen molar-refractivity contribution in [1.29, 1.82) is 0 Å². The summed E-state index contributed by atoms with van der Waals surface area (Å²) < 4.78 is 20.4. The first kappa shape index (κ1) is 19.6. The molecule has 2 aromatic carbocycles. The monoisotopic (exact) mass is 411 g/mol. The highest BCUT2D eigenvalue weighted by Gasteiger charge is 2.31. The fourth-order valence-electron chi connectivity index (χ4n) is 3.80. The minimum atomic E-state index is -2.78. The third-order valence-electron chi connectivity index (χ3n) is 5.19. The van der Waals surface area contributed by atoms with E-state index in [1.165, 1.54) is 4.88 Å². The largest absolute Gasteiger partial charge is 0.377 e. The first-order chi connectivity index (χ1) is 13.7. The number of nitrogens with zero attached hydrogens (tertiary/aromatic N) is 1. The average Bonchev–Trinajstić information content (AvgIpc) is 3.43. The number of hydrogen-bond donors (Lipinski definition) is 0. The highest BCUT2D eigenvalue weighted by atomic mass is 32.1. The third kappa shape index (κ3) is 4.64.